The molecule has 0 saturated carbocycles. The van der Waals surface area contributed by atoms with E-state index in [1.54, 1.807) is 11.3 Å². The normalized spacial score (nSPS) is 18.9. The molecule has 0 atom stereocenters. The number of carbonyl (C=O) groups excluding carboxylic acids is 1. The molecular weight excluding hydrogens is 320 g/mol. The number of likely N-dealkylation sites (tertiary alicyclic amines) is 1. The Morgan fingerprint density at radius 3 is 2.71 bits per heavy atom. The van der Waals surface area contributed by atoms with Crippen LogP contribution in [0.25, 0.3) is 0 Å². The number of benzene rings is 1. The fourth-order valence-electron chi connectivity index (χ4n) is 4.19. The molecule has 0 bridgehead atoms. The summed E-state index contributed by atoms with van der Waals surface area (Å²) in [5.41, 5.74) is 3.58. The second kappa shape index (κ2) is 6.22. The number of β-amino-alcohol motifs (C(OH)–C–C–N with tert-alkyl or cyclic N) is 1. The first kappa shape index (κ1) is 15.7. The third-order valence-corrected chi connectivity index (χ3v) is 6.14. The number of fused-ring (bicyclic) bond motifs is 2. The fraction of sp³-hybridized carbons (Fsp3) is 0.421. The molecular formula is C19H22N2O2S. The van der Waals surface area contributed by atoms with Gasteiger partial charge in [0.25, 0.3) is 5.91 Å². The molecule has 5 heteroatoms. The van der Waals surface area contributed by atoms with Crippen molar-refractivity contribution in [2.45, 2.75) is 18.3 Å². The average Bonchev–Trinajstić information content (AvgIpc) is 3.24. The highest BCUT2D eigenvalue weighted by Gasteiger charge is 2.44. The van der Waals surface area contributed by atoms with Gasteiger partial charge in [-0.15, -0.1) is 0 Å². The molecule has 1 N–H and O–H groups in total. The number of amides is 1. The maximum Gasteiger partial charge on any atom is 0.254 e. The van der Waals surface area contributed by atoms with Crippen LogP contribution in [-0.4, -0.2) is 48.7 Å². The standard InChI is InChI=1S/C19H22N2O2S/c22-11-10-21-14-19(16-3-1-2-4-17(16)21)6-8-20(9-7-19)18(23)15-5-12-24-13-15/h1-5,12-13,22H,6-11,14H2. The fourth-order valence-corrected chi connectivity index (χ4v) is 4.82. The number of nitrogens with zero attached hydrogens (tertiary/aromatic N) is 2. The maximum atomic E-state index is 12.6. The molecule has 2 aromatic rings. The summed E-state index contributed by atoms with van der Waals surface area (Å²) in [6, 6.07) is 10.5. The zero-order valence-electron chi connectivity index (χ0n) is 13.6. The van der Waals surface area contributed by atoms with Gasteiger partial charge >= 0.3 is 0 Å². The van der Waals surface area contributed by atoms with E-state index in [4.69, 9.17) is 0 Å². The van der Waals surface area contributed by atoms with E-state index in [1.807, 2.05) is 21.7 Å². The molecule has 0 radical (unpaired) electrons. The molecule has 4 nitrogen and oxygen atoms in total. The minimum atomic E-state index is 0.122. The lowest BCUT2D eigenvalue weighted by atomic mass is 9.74. The third kappa shape index (κ3) is 2.52. The number of aliphatic hydroxyl groups excluding tert-OH is 1. The molecule has 1 aromatic heterocycles. The topological polar surface area (TPSA) is 43.8 Å². The number of para-hydroxylation sites is 1. The van der Waals surface area contributed by atoms with Gasteiger partial charge in [-0.05, 0) is 35.9 Å². The molecule has 1 saturated heterocycles. The van der Waals surface area contributed by atoms with E-state index in [-0.39, 0.29) is 17.9 Å². The molecule has 0 unspecified atom stereocenters. The van der Waals surface area contributed by atoms with Crippen LogP contribution in [-0.2, 0) is 5.41 Å². The zero-order valence-corrected chi connectivity index (χ0v) is 14.5. The molecule has 1 spiro atoms. The zero-order chi connectivity index (χ0) is 16.6. The summed E-state index contributed by atoms with van der Waals surface area (Å²) in [5, 5.41) is 13.3. The highest BCUT2D eigenvalue weighted by molar-refractivity contribution is 7.08. The number of thiophene rings is 1. The van der Waals surface area contributed by atoms with Gasteiger partial charge in [0.1, 0.15) is 0 Å². The monoisotopic (exact) mass is 342 g/mol. The van der Waals surface area contributed by atoms with Crippen molar-refractivity contribution in [3.63, 3.8) is 0 Å². The summed E-state index contributed by atoms with van der Waals surface area (Å²) in [7, 11) is 0. The highest BCUT2D eigenvalue weighted by atomic mass is 32.1. The van der Waals surface area contributed by atoms with Crippen LogP contribution in [0.2, 0.25) is 0 Å². The van der Waals surface area contributed by atoms with E-state index < -0.39 is 0 Å². The van der Waals surface area contributed by atoms with E-state index in [9.17, 15) is 9.90 Å². The van der Waals surface area contributed by atoms with Gasteiger partial charge in [-0.3, -0.25) is 4.79 Å². The molecule has 1 amide bonds. The average molecular weight is 342 g/mol. The Morgan fingerprint density at radius 2 is 2.00 bits per heavy atom. The lowest BCUT2D eigenvalue weighted by Crippen LogP contribution is -2.47. The molecule has 2 aliphatic rings. The van der Waals surface area contributed by atoms with Crippen LogP contribution in [0.3, 0.4) is 0 Å². The van der Waals surface area contributed by atoms with Gasteiger partial charge in [-0.25, -0.2) is 0 Å². The molecule has 1 fully saturated rings. The van der Waals surface area contributed by atoms with Gasteiger partial charge < -0.3 is 14.9 Å². The van der Waals surface area contributed by atoms with Gasteiger partial charge in [0, 0.05) is 42.7 Å². The van der Waals surface area contributed by atoms with Gasteiger partial charge in [-0.2, -0.15) is 11.3 Å². The van der Waals surface area contributed by atoms with Crippen LogP contribution < -0.4 is 4.90 Å². The second-order valence-electron chi connectivity index (χ2n) is 6.75. The van der Waals surface area contributed by atoms with Crippen molar-refractivity contribution in [3.8, 4) is 0 Å². The summed E-state index contributed by atoms with van der Waals surface area (Å²) in [5.74, 6) is 0.157. The second-order valence-corrected chi connectivity index (χ2v) is 7.53. The Balaban J connectivity index is 1.53. The minimum Gasteiger partial charge on any atom is -0.395 e. The van der Waals surface area contributed by atoms with E-state index >= 15 is 0 Å². The number of aliphatic hydroxyl groups is 1. The van der Waals surface area contributed by atoms with Gasteiger partial charge in [0.15, 0.2) is 0 Å². The van der Waals surface area contributed by atoms with Crippen LogP contribution >= 0.6 is 11.3 Å². The third-order valence-electron chi connectivity index (χ3n) is 5.46. The number of hydrogen-bond donors (Lipinski definition) is 1. The number of anilines is 1. The molecule has 24 heavy (non-hydrogen) atoms. The number of piperidine rings is 1. The lowest BCUT2D eigenvalue weighted by Gasteiger charge is -2.40. The molecule has 4 rings (SSSR count). The minimum absolute atomic E-state index is 0.122. The van der Waals surface area contributed by atoms with E-state index in [0.717, 1.165) is 38.0 Å². The van der Waals surface area contributed by atoms with Gasteiger partial charge in [0.2, 0.25) is 0 Å². The van der Waals surface area contributed by atoms with Crippen molar-refractivity contribution in [2.24, 2.45) is 0 Å². The van der Waals surface area contributed by atoms with Crippen LogP contribution in [0.1, 0.15) is 28.8 Å². The van der Waals surface area contributed by atoms with Crippen molar-refractivity contribution in [3.05, 3.63) is 52.2 Å². The summed E-state index contributed by atoms with van der Waals surface area (Å²) in [6.07, 6.45) is 1.98. The largest absolute Gasteiger partial charge is 0.395 e. The number of carbonyl (C=O) groups is 1. The van der Waals surface area contributed by atoms with Crippen LogP contribution in [0.4, 0.5) is 5.69 Å². The van der Waals surface area contributed by atoms with Crippen LogP contribution in [0, 0.1) is 0 Å². The Kier molecular flexibility index (Phi) is 4.06. The molecule has 1 aromatic carbocycles. The van der Waals surface area contributed by atoms with E-state index in [1.165, 1.54) is 11.3 Å². The smallest absolute Gasteiger partial charge is 0.254 e. The van der Waals surface area contributed by atoms with Crippen molar-refractivity contribution in [1.82, 2.24) is 4.90 Å². The quantitative estimate of drug-likeness (QED) is 0.933. The van der Waals surface area contributed by atoms with Crippen molar-refractivity contribution < 1.29 is 9.90 Å². The predicted molar refractivity (Wildman–Crippen MR) is 96.9 cm³/mol. The Labute approximate surface area is 146 Å². The van der Waals surface area contributed by atoms with Crippen LogP contribution in [0.15, 0.2) is 41.1 Å². The molecule has 3 heterocycles. The maximum absolute atomic E-state index is 12.6. The summed E-state index contributed by atoms with van der Waals surface area (Å²) < 4.78 is 0. The SMILES string of the molecule is O=C(c1ccsc1)N1CCC2(CC1)CN(CCO)c1ccccc12. The van der Waals surface area contributed by atoms with E-state index in [2.05, 4.69) is 29.2 Å². The Bertz CT molecular complexity index is 721. The molecule has 126 valence electrons. The Morgan fingerprint density at radius 1 is 1.21 bits per heavy atom. The van der Waals surface area contributed by atoms with Gasteiger partial charge in [0.05, 0.1) is 12.2 Å². The summed E-state index contributed by atoms with van der Waals surface area (Å²) in [6.45, 7) is 3.41. The number of rotatable bonds is 3. The van der Waals surface area contributed by atoms with Crippen LogP contribution in [0.5, 0.6) is 0 Å². The first-order chi connectivity index (χ1) is 11.7. The molecule has 0 aliphatic carbocycles. The summed E-state index contributed by atoms with van der Waals surface area (Å²) >= 11 is 1.57. The predicted octanol–water partition coefficient (Wildman–Crippen LogP) is 2.73. The highest BCUT2D eigenvalue weighted by Crippen LogP contribution is 2.46. The molecule has 2 aliphatic heterocycles. The van der Waals surface area contributed by atoms with Gasteiger partial charge in [-0.1, -0.05) is 18.2 Å². The van der Waals surface area contributed by atoms with Crippen molar-refractivity contribution >= 4 is 22.9 Å². The first-order valence-electron chi connectivity index (χ1n) is 8.50. The number of hydrogen-bond acceptors (Lipinski definition) is 4. The van der Waals surface area contributed by atoms with Crippen molar-refractivity contribution in [2.75, 3.05) is 37.7 Å². The first-order valence-corrected chi connectivity index (χ1v) is 9.45. The summed E-state index contributed by atoms with van der Waals surface area (Å²) in [4.78, 5) is 16.9. The van der Waals surface area contributed by atoms with Crippen molar-refractivity contribution in [1.29, 1.82) is 0 Å². The van der Waals surface area contributed by atoms with E-state index in [0.29, 0.717) is 6.54 Å². The Hall–Kier alpha value is -1.85. The lowest BCUT2D eigenvalue weighted by molar-refractivity contribution is 0.0674.